The number of para-hydroxylation sites is 1. The van der Waals surface area contributed by atoms with Gasteiger partial charge < -0.3 is 20.3 Å². The van der Waals surface area contributed by atoms with Gasteiger partial charge in [-0.05, 0) is 36.8 Å². The Bertz CT molecular complexity index is 1280. The standard InChI is InChI=1S/C24H24F4N5OP/c1-34-20-17(9-8-14(25)19(20)33-12-23(13-33)11-24(23,27)28)31-22-29-10-15(26)21(32-22)30-16-6-4-5-7-18(16)35(2)3/h4-10H,11-13H2,1-3H3,(H2,29,30,31,32). The van der Waals surface area contributed by atoms with Gasteiger partial charge in [0.25, 0.3) is 5.92 Å². The maximum Gasteiger partial charge on any atom is 0.258 e. The third-order valence-corrected chi connectivity index (χ3v) is 7.78. The van der Waals surface area contributed by atoms with E-state index in [-0.39, 0.29) is 42.7 Å². The highest BCUT2D eigenvalue weighted by Gasteiger charge is 2.76. The summed E-state index contributed by atoms with van der Waals surface area (Å²) < 4.78 is 62.0. The van der Waals surface area contributed by atoms with Crippen LogP contribution in [0.15, 0.2) is 42.6 Å². The molecule has 2 N–H and O–H groups in total. The summed E-state index contributed by atoms with van der Waals surface area (Å²) in [5.41, 5.74) is 0.107. The van der Waals surface area contributed by atoms with Crippen molar-refractivity contribution in [2.45, 2.75) is 12.3 Å². The molecule has 1 saturated carbocycles. The number of hydrogen-bond donors (Lipinski definition) is 2. The van der Waals surface area contributed by atoms with Crippen LogP contribution in [0.25, 0.3) is 0 Å². The summed E-state index contributed by atoms with van der Waals surface area (Å²) in [7, 11) is 0.927. The first kappa shape index (κ1) is 23.6. The van der Waals surface area contributed by atoms with Crippen LogP contribution < -0.4 is 25.6 Å². The Morgan fingerprint density at radius 2 is 1.71 bits per heavy atom. The number of anilines is 5. The zero-order valence-corrected chi connectivity index (χ0v) is 20.3. The minimum absolute atomic E-state index is 0.0197. The van der Waals surface area contributed by atoms with Gasteiger partial charge in [-0.1, -0.05) is 26.1 Å². The molecule has 184 valence electrons. The predicted molar refractivity (Wildman–Crippen MR) is 131 cm³/mol. The Hall–Kier alpha value is -3.13. The number of benzene rings is 2. The van der Waals surface area contributed by atoms with Crippen LogP contribution in [0.3, 0.4) is 0 Å². The molecule has 2 heterocycles. The van der Waals surface area contributed by atoms with Crippen molar-refractivity contribution in [3.63, 3.8) is 0 Å². The summed E-state index contributed by atoms with van der Waals surface area (Å²) in [6.45, 7) is 4.30. The zero-order chi connectivity index (χ0) is 25.0. The van der Waals surface area contributed by atoms with Crippen LogP contribution in [-0.4, -0.2) is 49.4 Å². The fraction of sp³-hybridized carbons (Fsp3) is 0.333. The van der Waals surface area contributed by atoms with Gasteiger partial charge in [0.15, 0.2) is 17.4 Å². The summed E-state index contributed by atoms with van der Waals surface area (Å²) in [4.78, 5) is 9.80. The molecule has 11 heteroatoms. The van der Waals surface area contributed by atoms with Crippen LogP contribution in [0.2, 0.25) is 0 Å². The number of alkyl halides is 2. The predicted octanol–water partition coefficient (Wildman–Crippen LogP) is 5.46. The molecule has 3 aromatic rings. The lowest BCUT2D eigenvalue weighted by Crippen LogP contribution is -2.52. The highest BCUT2D eigenvalue weighted by Crippen LogP contribution is 2.66. The number of methoxy groups -OCH3 is 1. The SMILES string of the molecule is COc1c(Nc2ncc(F)c(Nc3ccccc3P(C)C)n2)ccc(F)c1N1CC2(C1)CC2(F)F. The van der Waals surface area contributed by atoms with Crippen molar-refractivity contribution in [1.29, 1.82) is 0 Å². The molecule has 1 saturated heterocycles. The van der Waals surface area contributed by atoms with Crippen LogP contribution >= 0.6 is 7.92 Å². The normalized spacial score (nSPS) is 17.3. The van der Waals surface area contributed by atoms with Gasteiger partial charge in [0.2, 0.25) is 5.95 Å². The number of hydrogen-bond acceptors (Lipinski definition) is 6. The molecule has 0 unspecified atom stereocenters. The molecule has 0 radical (unpaired) electrons. The Balaban J connectivity index is 1.41. The summed E-state index contributed by atoms with van der Waals surface area (Å²) in [6.07, 6.45) is 0.852. The first-order valence-electron chi connectivity index (χ1n) is 11.0. The molecule has 0 amide bonds. The van der Waals surface area contributed by atoms with Crippen molar-refractivity contribution in [2.75, 3.05) is 49.1 Å². The molecule has 5 rings (SSSR count). The van der Waals surface area contributed by atoms with Crippen LogP contribution in [0, 0.1) is 17.0 Å². The highest BCUT2D eigenvalue weighted by molar-refractivity contribution is 7.64. The lowest BCUT2D eigenvalue weighted by atomic mass is 9.94. The maximum absolute atomic E-state index is 14.7. The van der Waals surface area contributed by atoms with E-state index in [1.165, 1.54) is 19.2 Å². The van der Waals surface area contributed by atoms with Gasteiger partial charge in [0.1, 0.15) is 11.5 Å². The average molecular weight is 505 g/mol. The molecule has 2 aromatic carbocycles. The van der Waals surface area contributed by atoms with Gasteiger partial charge >= 0.3 is 0 Å². The molecule has 0 atom stereocenters. The third kappa shape index (κ3) is 4.14. The highest BCUT2D eigenvalue weighted by atomic mass is 31.1. The van der Waals surface area contributed by atoms with E-state index in [0.717, 1.165) is 17.2 Å². The van der Waals surface area contributed by atoms with E-state index in [0.29, 0.717) is 5.69 Å². The Morgan fingerprint density at radius 3 is 2.37 bits per heavy atom. The minimum atomic E-state index is -2.70. The van der Waals surface area contributed by atoms with E-state index < -0.39 is 30.9 Å². The monoisotopic (exact) mass is 505 g/mol. The number of halogens is 4. The Kier molecular flexibility index (Phi) is 5.74. The second kappa shape index (κ2) is 8.52. The van der Waals surface area contributed by atoms with E-state index in [4.69, 9.17) is 4.74 Å². The molecular weight excluding hydrogens is 481 g/mol. The topological polar surface area (TPSA) is 62.3 Å². The van der Waals surface area contributed by atoms with Crippen LogP contribution in [0.5, 0.6) is 5.75 Å². The number of rotatable bonds is 7. The van der Waals surface area contributed by atoms with Gasteiger partial charge in [-0.3, -0.25) is 0 Å². The third-order valence-electron chi connectivity index (χ3n) is 6.43. The fourth-order valence-corrected chi connectivity index (χ4v) is 5.44. The largest absolute Gasteiger partial charge is 0.492 e. The zero-order valence-electron chi connectivity index (χ0n) is 19.4. The summed E-state index contributed by atoms with van der Waals surface area (Å²) in [6, 6.07) is 10.3. The average Bonchev–Trinajstić information content (AvgIpc) is 3.38. The molecule has 6 nitrogen and oxygen atoms in total. The Labute approximate surface area is 201 Å². The van der Waals surface area contributed by atoms with Crippen molar-refractivity contribution in [2.24, 2.45) is 5.41 Å². The van der Waals surface area contributed by atoms with E-state index in [1.54, 1.807) is 4.90 Å². The van der Waals surface area contributed by atoms with Crippen molar-refractivity contribution in [1.82, 2.24) is 9.97 Å². The van der Waals surface area contributed by atoms with Gasteiger partial charge in [-0.25, -0.2) is 22.5 Å². The smallest absolute Gasteiger partial charge is 0.258 e. The molecular formula is C24H24F4N5OP. The van der Waals surface area contributed by atoms with E-state index in [1.807, 2.05) is 24.3 Å². The fourth-order valence-electron chi connectivity index (χ4n) is 4.45. The van der Waals surface area contributed by atoms with Gasteiger partial charge in [-0.2, -0.15) is 4.98 Å². The Morgan fingerprint density at radius 1 is 1.00 bits per heavy atom. The molecule has 1 aliphatic heterocycles. The first-order valence-corrected chi connectivity index (χ1v) is 13.2. The number of nitrogens with one attached hydrogen (secondary N) is 2. The van der Waals surface area contributed by atoms with Crippen LogP contribution in [0.1, 0.15) is 6.42 Å². The molecule has 1 aliphatic carbocycles. The van der Waals surface area contributed by atoms with Crippen molar-refractivity contribution >= 4 is 42.1 Å². The minimum Gasteiger partial charge on any atom is -0.492 e. The maximum atomic E-state index is 14.7. The molecule has 0 bridgehead atoms. The van der Waals surface area contributed by atoms with Crippen molar-refractivity contribution < 1.29 is 22.3 Å². The second-order valence-corrected chi connectivity index (χ2v) is 11.3. The first-order chi connectivity index (χ1) is 16.6. The van der Waals surface area contributed by atoms with Crippen molar-refractivity contribution in [3.05, 3.63) is 54.2 Å². The molecule has 1 aromatic heterocycles. The molecule has 2 fully saturated rings. The van der Waals surface area contributed by atoms with E-state index >= 15 is 0 Å². The number of ether oxygens (including phenoxy) is 1. The summed E-state index contributed by atoms with van der Waals surface area (Å²) in [5.74, 6) is -3.74. The van der Waals surface area contributed by atoms with Crippen LogP contribution in [-0.2, 0) is 0 Å². The van der Waals surface area contributed by atoms with Gasteiger partial charge in [-0.15, -0.1) is 0 Å². The summed E-state index contributed by atoms with van der Waals surface area (Å²) >= 11 is 0. The van der Waals surface area contributed by atoms with E-state index in [9.17, 15) is 17.6 Å². The second-order valence-electron chi connectivity index (χ2n) is 9.05. The molecule has 1 spiro atoms. The lowest BCUT2D eigenvalue weighted by Gasteiger charge is -2.42. The van der Waals surface area contributed by atoms with Gasteiger partial charge in [0, 0.05) is 25.2 Å². The molecule has 35 heavy (non-hydrogen) atoms. The van der Waals surface area contributed by atoms with Crippen LogP contribution in [0.4, 0.5) is 46.4 Å². The van der Waals surface area contributed by atoms with E-state index in [2.05, 4.69) is 33.9 Å². The van der Waals surface area contributed by atoms with Crippen molar-refractivity contribution in [3.8, 4) is 5.75 Å². The number of nitrogens with zero attached hydrogens (tertiary/aromatic N) is 3. The van der Waals surface area contributed by atoms with Gasteiger partial charge in [0.05, 0.1) is 24.4 Å². The number of aromatic nitrogens is 2. The quantitative estimate of drug-likeness (QED) is 0.329. The summed E-state index contributed by atoms with van der Waals surface area (Å²) in [5, 5.41) is 7.05. The molecule has 2 aliphatic rings. The lowest BCUT2D eigenvalue weighted by molar-refractivity contribution is 0.0517.